The van der Waals surface area contributed by atoms with Crippen molar-refractivity contribution in [2.75, 3.05) is 0 Å². The molecule has 0 bridgehead atoms. The average molecular weight is 738 g/mol. The molecule has 4 aromatic rings. The van der Waals surface area contributed by atoms with Gasteiger partial charge in [0, 0.05) is 82.1 Å². The largest absolute Gasteiger partial charge is 0.545 e. The molecule has 4 rings (SSSR count). The summed E-state index contributed by atoms with van der Waals surface area (Å²) >= 11 is 0. The van der Waals surface area contributed by atoms with Crippen molar-refractivity contribution >= 4 is 35.7 Å². The molecule has 2 aromatic carbocycles. The number of benzene rings is 2. The van der Waals surface area contributed by atoms with E-state index in [-0.39, 0.29) is 76.8 Å². The van der Waals surface area contributed by atoms with Crippen molar-refractivity contribution in [3.05, 3.63) is 133 Å². The molecule has 2 amide bonds. The second-order valence-corrected chi connectivity index (χ2v) is 8.27. The van der Waals surface area contributed by atoms with E-state index in [2.05, 4.69) is 48.3 Å². The zero-order valence-corrected chi connectivity index (χ0v) is 29.2. The number of hydrogen-bond donors (Lipinski definition) is 3. The molecule has 0 unspecified atom stereocenters. The van der Waals surface area contributed by atoms with Crippen molar-refractivity contribution in [2.24, 2.45) is 0 Å². The molecule has 2 radical (unpaired) electrons. The van der Waals surface area contributed by atoms with E-state index in [4.69, 9.17) is 13.9 Å². The van der Waals surface area contributed by atoms with E-state index in [1.54, 1.807) is 54.6 Å². The number of ketones is 1. The molecule has 0 atom stereocenters. The van der Waals surface area contributed by atoms with Gasteiger partial charge in [-0.05, 0) is 60.6 Å². The number of furan rings is 2. The van der Waals surface area contributed by atoms with Gasteiger partial charge in [-0.2, -0.15) is 25.6 Å². The molecule has 0 fully saturated rings. The monoisotopic (exact) mass is 738 g/mol. The molecule has 3 N–H and O–H groups in total. The topological polar surface area (TPSA) is 139 Å². The normalized spacial score (nSPS) is 10.0. The molecule has 0 spiro atoms. The summed E-state index contributed by atoms with van der Waals surface area (Å²) in [7, 11) is 0. The van der Waals surface area contributed by atoms with Gasteiger partial charge in [-0.1, -0.05) is 42.5 Å². The molecular weight excluding hydrogens is 714 g/mol. The molecule has 0 aliphatic carbocycles. The summed E-state index contributed by atoms with van der Waals surface area (Å²) in [5.41, 5.74) is 2.23. The van der Waals surface area contributed by atoms with Crippen LogP contribution in [0.2, 0.25) is 0 Å². The van der Waals surface area contributed by atoms with E-state index in [0.29, 0.717) is 34.2 Å². The second-order valence-electron chi connectivity index (χ2n) is 8.27. The Labute approximate surface area is 304 Å². The van der Waals surface area contributed by atoms with Gasteiger partial charge in [0.1, 0.15) is 11.5 Å². The standard InChI is InChI=1S/C17H13NO3.C16H11NO4.2Y/c1-3-18-17(20)10-8-15-7-9-16(21-15)14-6-4-5-13(11-14)12(2)19;1-2-17-15(18)9-7-13-6-8-14(21-13)11-4-3-5-12(10-11)16(19)20;;/h4-9,11H,1H2,2H3,(H,18,20);3-8,10H,1H2,(H,17,18)(H,19,20);;/q2*-2;;. The summed E-state index contributed by atoms with van der Waals surface area (Å²) in [6.45, 7) is 8.01. The maximum Gasteiger partial charge on any atom is 0.335 e. The van der Waals surface area contributed by atoms with E-state index in [1.807, 2.05) is 6.07 Å². The predicted molar refractivity (Wildman–Crippen MR) is 155 cm³/mol. The first kappa shape index (κ1) is 38.3. The number of carbonyl (C=O) groups excluding carboxylic acids is 3. The van der Waals surface area contributed by atoms with Crippen molar-refractivity contribution in [1.29, 1.82) is 0 Å². The third kappa shape index (κ3) is 12.1. The fraction of sp³-hybridized carbons (Fsp3) is 0.0303. The Balaban J connectivity index is 0.000000421. The maximum atomic E-state index is 11.4. The average Bonchev–Trinajstić information content (AvgIpc) is 3.66. The van der Waals surface area contributed by atoms with Crippen LogP contribution < -0.4 is 10.6 Å². The van der Waals surface area contributed by atoms with Crippen LogP contribution in [0.3, 0.4) is 0 Å². The van der Waals surface area contributed by atoms with Gasteiger partial charge < -0.3 is 34.2 Å². The molecule has 218 valence electrons. The first-order valence-corrected chi connectivity index (χ1v) is 12.2. The van der Waals surface area contributed by atoms with Crippen molar-refractivity contribution in [2.45, 2.75) is 6.92 Å². The Morgan fingerprint density at radius 2 is 1.14 bits per heavy atom. The van der Waals surface area contributed by atoms with Gasteiger partial charge in [-0.3, -0.25) is 16.9 Å². The number of carboxylic acids is 1. The molecule has 0 saturated carbocycles. The number of Topliss-reactive ketones (excluding diaryl/α,β-unsaturated/α-hetero) is 1. The number of carbonyl (C=O) groups is 4. The first-order valence-electron chi connectivity index (χ1n) is 12.2. The van der Waals surface area contributed by atoms with Gasteiger partial charge in [0.25, 0.3) is 0 Å². The molecule has 11 heteroatoms. The zero-order chi connectivity index (χ0) is 30.5. The minimum atomic E-state index is -1.01. The van der Waals surface area contributed by atoms with E-state index in [9.17, 15) is 19.2 Å². The third-order valence-corrected chi connectivity index (χ3v) is 5.30. The minimum absolute atomic E-state index is 0. The summed E-state index contributed by atoms with van der Waals surface area (Å²) in [6, 6.07) is 20.4. The van der Waals surface area contributed by atoms with E-state index < -0.39 is 17.8 Å². The van der Waals surface area contributed by atoms with Crippen molar-refractivity contribution in [3.8, 4) is 22.6 Å². The SMILES string of the molecule is C=[C-]NC(=O)[C-]=Cc1ccc(-c2cccc(C(=O)O)c2)o1.C=[C-]NC(=O)[C-]=Cc1ccc(-c2cccc(C(C)=O)c2)o1.[Y].[Y]. The van der Waals surface area contributed by atoms with E-state index in [1.165, 1.54) is 31.2 Å². The number of hydrogen-bond acceptors (Lipinski definition) is 6. The molecule has 44 heavy (non-hydrogen) atoms. The molecule has 2 aromatic heterocycles. The smallest absolute Gasteiger partial charge is 0.335 e. The molecule has 0 aliphatic rings. The summed E-state index contributed by atoms with van der Waals surface area (Å²) < 4.78 is 11.1. The Hall–Kier alpha value is -3.75. The van der Waals surface area contributed by atoms with Crippen molar-refractivity contribution < 1.29 is 98.5 Å². The van der Waals surface area contributed by atoms with Gasteiger partial charge in [-0.15, -0.1) is 0 Å². The molecular formula is C33H24N2O7Y2-4. The van der Waals surface area contributed by atoms with Gasteiger partial charge >= 0.3 is 5.97 Å². The Bertz CT molecular complexity index is 1560. The number of aromatic carboxylic acids is 1. The summed E-state index contributed by atoms with van der Waals surface area (Å²) in [6.07, 6.45) is 12.2. The van der Waals surface area contributed by atoms with E-state index in [0.717, 1.165) is 5.56 Å². The van der Waals surface area contributed by atoms with Crippen LogP contribution in [0.15, 0.2) is 94.8 Å². The van der Waals surface area contributed by atoms with Crippen LogP contribution in [0.5, 0.6) is 0 Å². The number of nitrogens with one attached hydrogen (secondary N) is 2. The fourth-order valence-corrected chi connectivity index (χ4v) is 3.37. The van der Waals surface area contributed by atoms with Crippen LogP contribution in [0.4, 0.5) is 0 Å². The Morgan fingerprint density at radius 1 is 0.705 bits per heavy atom. The van der Waals surface area contributed by atoms with Crippen molar-refractivity contribution in [3.63, 3.8) is 0 Å². The minimum Gasteiger partial charge on any atom is -0.545 e. The van der Waals surface area contributed by atoms with Crippen LogP contribution in [-0.4, -0.2) is 28.7 Å². The van der Waals surface area contributed by atoms with E-state index >= 15 is 0 Å². The van der Waals surface area contributed by atoms with Crippen LogP contribution in [0, 0.1) is 24.6 Å². The summed E-state index contributed by atoms with van der Waals surface area (Å²) in [5, 5.41) is 13.4. The summed E-state index contributed by atoms with van der Waals surface area (Å²) in [5.74, 6) is 0.0619. The second kappa shape index (κ2) is 19.5. The fourth-order valence-electron chi connectivity index (χ4n) is 3.37. The van der Waals surface area contributed by atoms with Crippen LogP contribution >= 0.6 is 0 Å². The number of amides is 2. The van der Waals surface area contributed by atoms with Crippen molar-refractivity contribution in [1.82, 2.24) is 10.6 Å². The first-order chi connectivity index (χ1) is 20.2. The number of carboxylic acid groups (broad SMARTS) is 1. The molecule has 9 nitrogen and oxygen atoms in total. The van der Waals surface area contributed by atoms with Crippen LogP contribution in [0.25, 0.3) is 34.8 Å². The maximum absolute atomic E-state index is 11.4. The Kier molecular flexibility index (Phi) is 17.0. The van der Waals surface area contributed by atoms with Gasteiger partial charge in [0.05, 0.1) is 5.56 Å². The van der Waals surface area contributed by atoms with Gasteiger partial charge in [-0.25, -0.2) is 16.9 Å². The Morgan fingerprint density at radius 3 is 1.55 bits per heavy atom. The molecule has 2 heterocycles. The molecule has 0 saturated heterocycles. The zero-order valence-electron chi connectivity index (χ0n) is 23.5. The quantitative estimate of drug-likeness (QED) is 0.0840. The molecule has 0 aliphatic heterocycles. The van der Waals surface area contributed by atoms with Crippen LogP contribution in [0.1, 0.15) is 39.2 Å². The third-order valence-electron chi connectivity index (χ3n) is 5.30. The number of rotatable bonds is 10. The van der Waals surface area contributed by atoms with Gasteiger partial charge in [0.2, 0.25) is 0 Å². The van der Waals surface area contributed by atoms with Gasteiger partial charge in [0.15, 0.2) is 5.78 Å². The summed E-state index contributed by atoms with van der Waals surface area (Å²) in [4.78, 5) is 44.6. The predicted octanol–water partition coefficient (Wildman–Crippen LogP) is 5.55. The van der Waals surface area contributed by atoms with Crippen LogP contribution in [-0.2, 0) is 75.0 Å².